The minimum atomic E-state index is -0.0708. The van der Waals surface area contributed by atoms with E-state index in [0.29, 0.717) is 23.9 Å². The standard InChI is InChI=1S/C22H22N2O2/c1-15-21(26-16(2)23-15)22(25)24-13-12-18-10-6-7-11-19(18)20(24)14-17-8-4-3-5-9-17/h3-11,20H,12-14H2,1-2H3/t20-/m0/s1. The fraction of sp³-hybridized carbons (Fsp3) is 0.273. The summed E-state index contributed by atoms with van der Waals surface area (Å²) in [6.45, 7) is 4.29. The number of carbonyl (C=O) groups is 1. The Hall–Kier alpha value is -2.88. The van der Waals surface area contributed by atoms with Gasteiger partial charge in [0.2, 0.25) is 5.76 Å². The van der Waals surface area contributed by atoms with Crippen LogP contribution in [0.15, 0.2) is 59.0 Å². The maximum absolute atomic E-state index is 13.2. The normalized spacial score (nSPS) is 16.4. The van der Waals surface area contributed by atoms with Crippen molar-refractivity contribution in [1.82, 2.24) is 9.88 Å². The average molecular weight is 346 g/mol. The smallest absolute Gasteiger partial charge is 0.292 e. The number of benzene rings is 2. The molecular formula is C22H22N2O2. The van der Waals surface area contributed by atoms with Gasteiger partial charge in [-0.15, -0.1) is 0 Å². The molecule has 2 heterocycles. The Morgan fingerprint density at radius 1 is 1.12 bits per heavy atom. The molecule has 2 aromatic carbocycles. The molecule has 0 saturated heterocycles. The second-order valence-electron chi connectivity index (χ2n) is 6.80. The Balaban J connectivity index is 1.73. The van der Waals surface area contributed by atoms with Crippen LogP contribution in [0.5, 0.6) is 0 Å². The topological polar surface area (TPSA) is 46.3 Å². The predicted molar refractivity (Wildman–Crippen MR) is 100 cm³/mol. The summed E-state index contributed by atoms with van der Waals surface area (Å²) >= 11 is 0. The van der Waals surface area contributed by atoms with Crippen molar-refractivity contribution >= 4 is 5.91 Å². The number of rotatable bonds is 3. The third-order valence-electron chi connectivity index (χ3n) is 5.04. The Morgan fingerprint density at radius 3 is 2.58 bits per heavy atom. The van der Waals surface area contributed by atoms with Crippen LogP contribution in [0.1, 0.15) is 44.9 Å². The fourth-order valence-electron chi connectivity index (χ4n) is 3.81. The number of hydrogen-bond donors (Lipinski definition) is 0. The summed E-state index contributed by atoms with van der Waals surface area (Å²) in [4.78, 5) is 19.4. The van der Waals surface area contributed by atoms with Gasteiger partial charge in [0.15, 0.2) is 5.89 Å². The van der Waals surface area contributed by atoms with E-state index in [1.165, 1.54) is 16.7 Å². The van der Waals surface area contributed by atoms with E-state index in [4.69, 9.17) is 4.42 Å². The molecule has 0 bridgehead atoms. The second kappa shape index (κ2) is 6.79. The van der Waals surface area contributed by atoms with Gasteiger partial charge in [-0.3, -0.25) is 4.79 Å². The highest BCUT2D eigenvalue weighted by molar-refractivity contribution is 5.93. The molecule has 4 nitrogen and oxygen atoms in total. The van der Waals surface area contributed by atoms with Crippen molar-refractivity contribution < 1.29 is 9.21 Å². The molecule has 1 aliphatic heterocycles. The molecule has 1 aliphatic rings. The van der Waals surface area contributed by atoms with E-state index >= 15 is 0 Å². The molecule has 0 N–H and O–H groups in total. The summed E-state index contributed by atoms with van der Waals surface area (Å²) in [5.74, 6) is 0.821. The number of carbonyl (C=O) groups excluding carboxylic acids is 1. The summed E-state index contributed by atoms with van der Waals surface area (Å²) in [6.07, 6.45) is 1.65. The zero-order chi connectivity index (χ0) is 18.1. The van der Waals surface area contributed by atoms with Gasteiger partial charge in [0.1, 0.15) is 0 Å². The van der Waals surface area contributed by atoms with Crippen molar-refractivity contribution in [3.63, 3.8) is 0 Å². The van der Waals surface area contributed by atoms with Gasteiger partial charge in [0, 0.05) is 13.5 Å². The molecule has 26 heavy (non-hydrogen) atoms. The lowest BCUT2D eigenvalue weighted by molar-refractivity contribution is 0.0624. The lowest BCUT2D eigenvalue weighted by Crippen LogP contribution is -2.41. The van der Waals surface area contributed by atoms with Crippen LogP contribution in [0.2, 0.25) is 0 Å². The summed E-state index contributed by atoms with van der Waals surface area (Å²) in [5.41, 5.74) is 4.43. The highest BCUT2D eigenvalue weighted by Gasteiger charge is 2.33. The number of hydrogen-bond acceptors (Lipinski definition) is 3. The molecule has 0 aliphatic carbocycles. The lowest BCUT2D eigenvalue weighted by Gasteiger charge is -2.37. The van der Waals surface area contributed by atoms with E-state index in [-0.39, 0.29) is 11.9 Å². The van der Waals surface area contributed by atoms with Crippen molar-refractivity contribution in [3.8, 4) is 0 Å². The fourth-order valence-corrected chi connectivity index (χ4v) is 3.81. The van der Waals surface area contributed by atoms with Gasteiger partial charge in [-0.2, -0.15) is 0 Å². The summed E-state index contributed by atoms with van der Waals surface area (Å²) in [5, 5.41) is 0. The van der Waals surface area contributed by atoms with Crippen LogP contribution in [-0.2, 0) is 12.8 Å². The van der Waals surface area contributed by atoms with E-state index in [9.17, 15) is 4.79 Å². The Bertz CT molecular complexity index is 930. The molecule has 1 aromatic heterocycles. The maximum Gasteiger partial charge on any atom is 0.292 e. The highest BCUT2D eigenvalue weighted by atomic mass is 16.4. The SMILES string of the molecule is Cc1nc(C)c(C(=O)N2CCc3ccccc3[C@@H]2Cc2ccccc2)o1. The van der Waals surface area contributed by atoms with Crippen molar-refractivity contribution in [2.45, 2.75) is 32.7 Å². The van der Waals surface area contributed by atoms with Gasteiger partial charge in [0.05, 0.1) is 11.7 Å². The molecule has 132 valence electrons. The lowest BCUT2D eigenvalue weighted by atomic mass is 9.88. The number of aromatic nitrogens is 1. The van der Waals surface area contributed by atoms with E-state index in [0.717, 1.165) is 12.8 Å². The van der Waals surface area contributed by atoms with Gasteiger partial charge in [-0.25, -0.2) is 4.98 Å². The molecular weight excluding hydrogens is 324 g/mol. The quantitative estimate of drug-likeness (QED) is 0.711. The van der Waals surface area contributed by atoms with E-state index in [2.05, 4.69) is 41.4 Å². The zero-order valence-electron chi connectivity index (χ0n) is 15.1. The third kappa shape index (κ3) is 3.03. The Morgan fingerprint density at radius 2 is 1.85 bits per heavy atom. The van der Waals surface area contributed by atoms with Crippen LogP contribution in [0.25, 0.3) is 0 Å². The van der Waals surface area contributed by atoms with Crippen LogP contribution in [0.3, 0.4) is 0 Å². The van der Waals surface area contributed by atoms with Gasteiger partial charge < -0.3 is 9.32 Å². The highest BCUT2D eigenvalue weighted by Crippen LogP contribution is 2.34. The maximum atomic E-state index is 13.2. The predicted octanol–water partition coefficient (Wildman–Crippen LogP) is 4.27. The molecule has 0 spiro atoms. The minimum Gasteiger partial charge on any atom is -0.436 e. The van der Waals surface area contributed by atoms with Gasteiger partial charge in [-0.05, 0) is 36.5 Å². The molecule has 1 atom stereocenters. The summed E-state index contributed by atoms with van der Waals surface area (Å²) < 4.78 is 5.61. The van der Waals surface area contributed by atoms with Crippen molar-refractivity contribution in [1.29, 1.82) is 0 Å². The van der Waals surface area contributed by atoms with Crippen LogP contribution in [0.4, 0.5) is 0 Å². The Kier molecular flexibility index (Phi) is 4.33. The number of nitrogens with zero attached hydrogens (tertiary/aromatic N) is 2. The van der Waals surface area contributed by atoms with Gasteiger partial charge in [0.25, 0.3) is 5.91 Å². The van der Waals surface area contributed by atoms with Crippen LogP contribution < -0.4 is 0 Å². The van der Waals surface area contributed by atoms with Crippen molar-refractivity contribution in [2.75, 3.05) is 6.54 Å². The van der Waals surface area contributed by atoms with Crippen molar-refractivity contribution in [3.05, 3.63) is 88.6 Å². The first-order valence-electron chi connectivity index (χ1n) is 9.00. The molecule has 0 fully saturated rings. The summed E-state index contributed by atoms with van der Waals surface area (Å²) in [6, 6.07) is 18.8. The first-order chi connectivity index (χ1) is 12.6. The number of amides is 1. The number of fused-ring (bicyclic) bond motifs is 1. The molecule has 0 radical (unpaired) electrons. The Labute approximate surface area is 153 Å². The first kappa shape index (κ1) is 16.6. The third-order valence-corrected chi connectivity index (χ3v) is 5.04. The molecule has 0 unspecified atom stereocenters. The molecule has 4 heteroatoms. The monoisotopic (exact) mass is 346 g/mol. The van der Waals surface area contributed by atoms with Crippen LogP contribution in [-0.4, -0.2) is 22.3 Å². The van der Waals surface area contributed by atoms with E-state index in [1.807, 2.05) is 30.0 Å². The largest absolute Gasteiger partial charge is 0.436 e. The van der Waals surface area contributed by atoms with Crippen molar-refractivity contribution in [2.24, 2.45) is 0 Å². The zero-order valence-corrected chi connectivity index (χ0v) is 15.1. The summed E-state index contributed by atoms with van der Waals surface area (Å²) in [7, 11) is 0. The molecule has 4 rings (SSSR count). The number of aryl methyl sites for hydroxylation is 2. The second-order valence-corrected chi connectivity index (χ2v) is 6.80. The van der Waals surface area contributed by atoms with E-state index < -0.39 is 0 Å². The van der Waals surface area contributed by atoms with Gasteiger partial charge >= 0.3 is 0 Å². The van der Waals surface area contributed by atoms with Crippen LogP contribution >= 0.6 is 0 Å². The van der Waals surface area contributed by atoms with Gasteiger partial charge in [-0.1, -0.05) is 54.6 Å². The first-order valence-corrected chi connectivity index (χ1v) is 9.00. The number of oxazole rings is 1. The minimum absolute atomic E-state index is 0.000318. The molecule has 0 saturated carbocycles. The molecule has 3 aromatic rings. The van der Waals surface area contributed by atoms with E-state index in [1.54, 1.807) is 6.92 Å². The molecule has 1 amide bonds. The van der Waals surface area contributed by atoms with Crippen LogP contribution in [0, 0.1) is 13.8 Å². The average Bonchev–Trinajstić information content (AvgIpc) is 3.00.